The zero-order valence-electron chi connectivity index (χ0n) is 12.3. The fraction of sp³-hybridized carbons (Fsp3) is 0.250. The number of anilines is 2. The van der Waals surface area contributed by atoms with Crippen LogP contribution in [0.15, 0.2) is 47.4 Å². The minimum absolute atomic E-state index is 0.0432. The van der Waals surface area contributed by atoms with Gasteiger partial charge in [0.25, 0.3) is 10.0 Å². The average Bonchev–Trinajstić information content (AvgIpc) is 3.01. The van der Waals surface area contributed by atoms with Crippen LogP contribution >= 0.6 is 11.6 Å². The van der Waals surface area contributed by atoms with E-state index in [2.05, 4.69) is 9.62 Å². The van der Waals surface area contributed by atoms with Crippen LogP contribution in [-0.2, 0) is 10.0 Å². The second kappa shape index (κ2) is 6.37. The van der Waals surface area contributed by atoms with E-state index in [9.17, 15) is 12.8 Å². The first kappa shape index (κ1) is 16.1. The van der Waals surface area contributed by atoms with Gasteiger partial charge in [0.1, 0.15) is 5.82 Å². The van der Waals surface area contributed by atoms with Crippen LogP contribution in [0.3, 0.4) is 0 Å². The summed E-state index contributed by atoms with van der Waals surface area (Å²) in [4.78, 5) is 2.09. The lowest BCUT2D eigenvalue weighted by atomic mass is 10.2. The normalized spacial score (nSPS) is 15.0. The van der Waals surface area contributed by atoms with Gasteiger partial charge in [0.05, 0.1) is 16.3 Å². The Morgan fingerprint density at radius 2 is 1.83 bits per heavy atom. The average molecular weight is 355 g/mol. The standard InChI is InChI=1S/C16H16ClFN2O2S/c17-12-4-3-5-14(10-12)23(21,22)19-15-11-13(18)6-7-16(15)20-8-1-2-9-20/h3-7,10-11,19H,1-2,8-9H2. The van der Waals surface area contributed by atoms with Gasteiger partial charge in [-0.15, -0.1) is 0 Å². The van der Waals surface area contributed by atoms with Crippen LogP contribution in [0.4, 0.5) is 15.8 Å². The van der Waals surface area contributed by atoms with Crippen molar-refractivity contribution < 1.29 is 12.8 Å². The van der Waals surface area contributed by atoms with Crippen molar-refractivity contribution >= 4 is 33.0 Å². The van der Waals surface area contributed by atoms with E-state index in [4.69, 9.17) is 11.6 Å². The number of halogens is 2. The third-order valence-electron chi connectivity index (χ3n) is 3.76. The molecule has 2 aromatic rings. The van der Waals surface area contributed by atoms with E-state index in [-0.39, 0.29) is 10.6 Å². The summed E-state index contributed by atoms with van der Waals surface area (Å²) in [5, 5.41) is 0.326. The van der Waals surface area contributed by atoms with Crippen molar-refractivity contribution in [2.75, 3.05) is 22.7 Å². The largest absolute Gasteiger partial charge is 0.370 e. The summed E-state index contributed by atoms with van der Waals surface area (Å²) in [6.07, 6.45) is 2.08. The molecule has 23 heavy (non-hydrogen) atoms. The Hall–Kier alpha value is -1.79. The molecule has 1 saturated heterocycles. The first-order chi connectivity index (χ1) is 11.0. The molecule has 1 aliphatic rings. The smallest absolute Gasteiger partial charge is 0.262 e. The summed E-state index contributed by atoms with van der Waals surface area (Å²) < 4.78 is 41.1. The van der Waals surface area contributed by atoms with Crippen molar-refractivity contribution in [1.82, 2.24) is 0 Å². The zero-order chi connectivity index (χ0) is 16.4. The number of hydrogen-bond acceptors (Lipinski definition) is 3. The fourth-order valence-electron chi connectivity index (χ4n) is 2.66. The van der Waals surface area contributed by atoms with Gasteiger partial charge in [-0.3, -0.25) is 4.72 Å². The van der Waals surface area contributed by atoms with Crippen molar-refractivity contribution in [3.8, 4) is 0 Å². The van der Waals surface area contributed by atoms with Crippen LogP contribution in [0.25, 0.3) is 0 Å². The Kier molecular flexibility index (Phi) is 4.46. The quantitative estimate of drug-likeness (QED) is 0.906. The van der Waals surface area contributed by atoms with Crippen molar-refractivity contribution in [3.05, 3.63) is 53.3 Å². The monoisotopic (exact) mass is 354 g/mol. The Labute approximate surface area is 139 Å². The van der Waals surface area contributed by atoms with E-state index < -0.39 is 15.8 Å². The molecule has 0 atom stereocenters. The van der Waals surface area contributed by atoms with Gasteiger partial charge in [0.2, 0.25) is 0 Å². The Bertz CT molecular complexity index is 821. The Morgan fingerprint density at radius 1 is 1.09 bits per heavy atom. The van der Waals surface area contributed by atoms with Crippen LogP contribution in [0, 0.1) is 5.82 Å². The number of benzene rings is 2. The molecule has 0 spiro atoms. The summed E-state index contributed by atoms with van der Waals surface area (Å²) in [6, 6.07) is 10.1. The lowest BCUT2D eigenvalue weighted by Gasteiger charge is -2.22. The van der Waals surface area contributed by atoms with Gasteiger partial charge in [0.15, 0.2) is 0 Å². The topological polar surface area (TPSA) is 49.4 Å². The third kappa shape index (κ3) is 3.59. The first-order valence-electron chi connectivity index (χ1n) is 7.29. The van der Waals surface area contributed by atoms with Gasteiger partial charge < -0.3 is 4.90 Å². The van der Waals surface area contributed by atoms with Gasteiger partial charge in [0, 0.05) is 24.2 Å². The lowest BCUT2D eigenvalue weighted by Crippen LogP contribution is -2.21. The molecule has 0 aliphatic carbocycles. The molecular formula is C16H16ClFN2O2S. The van der Waals surface area contributed by atoms with Crippen LogP contribution in [-0.4, -0.2) is 21.5 Å². The van der Waals surface area contributed by atoms with Gasteiger partial charge in [-0.1, -0.05) is 17.7 Å². The van der Waals surface area contributed by atoms with Crippen LogP contribution in [0.5, 0.6) is 0 Å². The van der Waals surface area contributed by atoms with Gasteiger partial charge in [-0.25, -0.2) is 12.8 Å². The first-order valence-corrected chi connectivity index (χ1v) is 9.15. The van der Waals surface area contributed by atoms with Crippen molar-refractivity contribution in [2.24, 2.45) is 0 Å². The van der Waals surface area contributed by atoms with Crippen molar-refractivity contribution in [3.63, 3.8) is 0 Å². The third-order valence-corrected chi connectivity index (χ3v) is 5.35. The van der Waals surface area contributed by atoms with E-state index in [1.165, 1.54) is 24.3 Å². The van der Waals surface area contributed by atoms with Gasteiger partial charge in [-0.05, 0) is 43.2 Å². The molecule has 7 heteroatoms. The molecule has 1 aliphatic heterocycles. The zero-order valence-corrected chi connectivity index (χ0v) is 13.9. The van der Waals surface area contributed by atoms with E-state index in [0.717, 1.165) is 25.9 Å². The van der Waals surface area contributed by atoms with Crippen molar-refractivity contribution in [1.29, 1.82) is 0 Å². The molecule has 0 aromatic heterocycles. The maximum absolute atomic E-state index is 13.6. The molecule has 0 amide bonds. The molecule has 3 rings (SSSR count). The molecule has 0 radical (unpaired) electrons. The SMILES string of the molecule is O=S(=O)(Nc1cc(F)ccc1N1CCCC1)c1cccc(Cl)c1. The number of rotatable bonds is 4. The van der Waals surface area contributed by atoms with Gasteiger partial charge in [-0.2, -0.15) is 0 Å². The summed E-state index contributed by atoms with van der Waals surface area (Å²) >= 11 is 5.85. The van der Waals surface area contributed by atoms with Crippen LogP contribution in [0.2, 0.25) is 5.02 Å². The lowest BCUT2D eigenvalue weighted by molar-refractivity contribution is 0.601. The molecular weight excluding hydrogens is 339 g/mol. The van der Waals surface area contributed by atoms with E-state index in [1.54, 1.807) is 18.2 Å². The molecule has 0 unspecified atom stereocenters. The highest BCUT2D eigenvalue weighted by atomic mass is 35.5. The Morgan fingerprint density at radius 3 is 2.52 bits per heavy atom. The fourth-order valence-corrected chi connectivity index (χ4v) is 4.03. The highest BCUT2D eigenvalue weighted by Crippen LogP contribution is 2.31. The van der Waals surface area contributed by atoms with E-state index in [0.29, 0.717) is 10.7 Å². The number of nitrogens with zero attached hydrogens (tertiary/aromatic N) is 1. The summed E-state index contributed by atoms with van der Waals surface area (Å²) in [6.45, 7) is 1.66. The molecule has 1 heterocycles. The summed E-state index contributed by atoms with van der Waals surface area (Å²) in [5.41, 5.74) is 0.932. The highest BCUT2D eigenvalue weighted by Gasteiger charge is 2.21. The summed E-state index contributed by atoms with van der Waals surface area (Å²) in [7, 11) is -3.83. The molecule has 1 fully saturated rings. The molecule has 0 bridgehead atoms. The predicted octanol–water partition coefficient (Wildman–Crippen LogP) is 3.88. The van der Waals surface area contributed by atoms with E-state index in [1.807, 2.05) is 0 Å². The second-order valence-corrected chi connectivity index (χ2v) is 7.54. The van der Waals surface area contributed by atoms with Crippen LogP contribution in [0.1, 0.15) is 12.8 Å². The maximum Gasteiger partial charge on any atom is 0.262 e. The molecule has 122 valence electrons. The Balaban J connectivity index is 1.97. The van der Waals surface area contributed by atoms with E-state index >= 15 is 0 Å². The molecule has 2 aromatic carbocycles. The second-order valence-electron chi connectivity index (χ2n) is 5.42. The molecule has 0 saturated carbocycles. The minimum Gasteiger partial charge on any atom is -0.370 e. The number of nitrogens with one attached hydrogen (secondary N) is 1. The minimum atomic E-state index is -3.83. The van der Waals surface area contributed by atoms with Gasteiger partial charge >= 0.3 is 0 Å². The number of hydrogen-bond donors (Lipinski definition) is 1. The highest BCUT2D eigenvalue weighted by molar-refractivity contribution is 7.92. The summed E-state index contributed by atoms with van der Waals surface area (Å²) in [5.74, 6) is -0.489. The maximum atomic E-state index is 13.6. The van der Waals surface area contributed by atoms with Crippen molar-refractivity contribution in [2.45, 2.75) is 17.7 Å². The molecule has 1 N–H and O–H groups in total. The predicted molar refractivity (Wildman–Crippen MR) is 90.1 cm³/mol. The molecule has 4 nitrogen and oxygen atoms in total. The van der Waals surface area contributed by atoms with Crippen LogP contribution < -0.4 is 9.62 Å². The number of sulfonamides is 1.